The summed E-state index contributed by atoms with van der Waals surface area (Å²) in [7, 11) is 0. The lowest BCUT2D eigenvalue weighted by molar-refractivity contribution is 0.107. The van der Waals surface area contributed by atoms with E-state index in [1.807, 2.05) is 0 Å². The van der Waals surface area contributed by atoms with Gasteiger partial charge in [-0.1, -0.05) is 6.07 Å². The molecular formula is C35H37F3N6O3. The summed E-state index contributed by atoms with van der Waals surface area (Å²) in [5, 5.41) is 15.7. The number of pyridine rings is 1. The van der Waals surface area contributed by atoms with Gasteiger partial charge in [0.15, 0.2) is 5.82 Å². The number of hydrogen-bond acceptors (Lipinski definition) is 9. The summed E-state index contributed by atoms with van der Waals surface area (Å²) in [5.41, 5.74) is 0.423. The van der Waals surface area contributed by atoms with Crippen molar-refractivity contribution in [1.82, 2.24) is 25.2 Å². The average Bonchev–Trinajstić information content (AvgIpc) is 3.76. The van der Waals surface area contributed by atoms with E-state index in [1.54, 1.807) is 13.0 Å². The maximum Gasteiger partial charge on any atom is 0.319 e. The van der Waals surface area contributed by atoms with Crippen LogP contribution in [-0.4, -0.2) is 88.6 Å². The Morgan fingerprint density at radius 1 is 1.06 bits per heavy atom. The van der Waals surface area contributed by atoms with Crippen LogP contribution in [0.15, 0.2) is 24.3 Å². The van der Waals surface area contributed by atoms with Gasteiger partial charge in [0.1, 0.15) is 46.8 Å². The van der Waals surface area contributed by atoms with Gasteiger partial charge in [-0.3, -0.25) is 0 Å². The van der Waals surface area contributed by atoms with Gasteiger partial charge >= 0.3 is 6.01 Å². The van der Waals surface area contributed by atoms with Crippen molar-refractivity contribution >= 4 is 27.5 Å². The Hall–Kier alpha value is -3.90. The molecule has 4 fully saturated rings. The van der Waals surface area contributed by atoms with Crippen molar-refractivity contribution in [3.05, 3.63) is 41.5 Å². The topological polar surface area (TPSA) is 95.9 Å². The molecule has 2 aromatic carbocycles. The molecule has 4 aliphatic heterocycles. The van der Waals surface area contributed by atoms with Gasteiger partial charge in [0.05, 0.1) is 12.6 Å². The van der Waals surface area contributed by atoms with E-state index in [2.05, 4.69) is 20.1 Å². The summed E-state index contributed by atoms with van der Waals surface area (Å²) >= 11 is 0. The lowest BCUT2D eigenvalue weighted by Gasteiger charge is -2.40. The maximum atomic E-state index is 17.0. The smallest absolute Gasteiger partial charge is 0.319 e. The molecule has 6 heterocycles. The van der Waals surface area contributed by atoms with Crippen molar-refractivity contribution in [2.45, 2.75) is 69.7 Å². The monoisotopic (exact) mass is 646 g/mol. The van der Waals surface area contributed by atoms with Crippen molar-refractivity contribution in [3.63, 3.8) is 0 Å². The lowest BCUT2D eigenvalue weighted by atomic mass is 9.96. The number of ether oxygens (including phenoxy) is 2. The van der Waals surface area contributed by atoms with E-state index >= 15 is 4.39 Å². The van der Waals surface area contributed by atoms with E-state index in [4.69, 9.17) is 19.4 Å². The van der Waals surface area contributed by atoms with E-state index in [-0.39, 0.29) is 58.0 Å². The summed E-state index contributed by atoms with van der Waals surface area (Å²) in [4.78, 5) is 18.8. The third-order valence-corrected chi connectivity index (χ3v) is 11.0. The second-order valence-electron chi connectivity index (χ2n) is 14.2. The average molecular weight is 647 g/mol. The van der Waals surface area contributed by atoms with Crippen LogP contribution >= 0.6 is 0 Å². The first-order valence-corrected chi connectivity index (χ1v) is 16.7. The van der Waals surface area contributed by atoms with Gasteiger partial charge in [-0.2, -0.15) is 9.97 Å². The zero-order chi connectivity index (χ0) is 32.0. The predicted octanol–water partition coefficient (Wildman–Crippen LogP) is 5.43. The quantitative estimate of drug-likeness (QED) is 0.284. The number of fused-ring (bicyclic) bond motifs is 6. The number of aromatic nitrogens is 3. The van der Waals surface area contributed by atoms with Gasteiger partial charge in [-0.05, 0) is 80.0 Å². The van der Waals surface area contributed by atoms with Crippen LogP contribution in [0.2, 0.25) is 0 Å². The number of anilines is 1. The zero-order valence-corrected chi connectivity index (χ0v) is 26.2. The zero-order valence-electron chi connectivity index (χ0n) is 26.2. The Morgan fingerprint density at radius 3 is 2.70 bits per heavy atom. The number of aryl methyl sites for hydroxylation is 1. The third-order valence-electron chi connectivity index (χ3n) is 11.0. The Labute approximate surface area is 270 Å². The fourth-order valence-electron chi connectivity index (χ4n) is 8.23. The van der Waals surface area contributed by atoms with Gasteiger partial charge in [-0.15, -0.1) is 0 Å². The summed E-state index contributed by atoms with van der Waals surface area (Å²) in [6.07, 6.45) is 4.41. The fourth-order valence-corrected chi connectivity index (χ4v) is 8.23. The summed E-state index contributed by atoms with van der Waals surface area (Å²) in [6.45, 7) is 5.31. The fraction of sp³-hybridized carbons (Fsp3) is 0.514. The van der Waals surface area contributed by atoms with E-state index in [0.717, 1.165) is 45.3 Å². The van der Waals surface area contributed by atoms with Crippen LogP contribution in [0.3, 0.4) is 0 Å². The first-order chi connectivity index (χ1) is 22.7. The van der Waals surface area contributed by atoms with Gasteiger partial charge in [-0.25, -0.2) is 18.2 Å². The second-order valence-corrected chi connectivity index (χ2v) is 14.2. The number of nitrogens with zero attached hydrogens (tertiary/aromatic N) is 5. The Morgan fingerprint density at radius 2 is 1.89 bits per heavy atom. The number of piperazine rings is 1. The molecule has 3 atom stereocenters. The van der Waals surface area contributed by atoms with Gasteiger partial charge in [0.2, 0.25) is 5.88 Å². The van der Waals surface area contributed by atoms with Crippen LogP contribution < -0.4 is 19.7 Å². The van der Waals surface area contributed by atoms with E-state index in [9.17, 15) is 13.9 Å². The van der Waals surface area contributed by atoms with Crippen molar-refractivity contribution in [2.75, 3.05) is 44.3 Å². The maximum absolute atomic E-state index is 17.0. The molecule has 4 aromatic rings. The van der Waals surface area contributed by atoms with E-state index < -0.39 is 17.8 Å². The molecule has 9 rings (SSSR count). The number of nitrogens with one attached hydrogen (secondary N) is 1. The number of benzene rings is 2. The molecular weight excluding hydrogens is 609 g/mol. The van der Waals surface area contributed by atoms with Crippen molar-refractivity contribution in [1.29, 1.82) is 0 Å². The molecule has 47 heavy (non-hydrogen) atoms. The molecule has 1 aliphatic carbocycles. The second kappa shape index (κ2) is 10.8. The van der Waals surface area contributed by atoms with Crippen molar-refractivity contribution in [2.24, 2.45) is 5.41 Å². The molecule has 0 radical (unpaired) electrons. The number of aromatic hydroxyl groups is 1. The first kappa shape index (κ1) is 29.3. The number of piperidine rings is 1. The molecule has 246 valence electrons. The molecule has 0 unspecified atom stereocenters. The number of phenolic OH excluding ortho intramolecular Hbond substituents is 1. The standard InChI is InChI=1S/C35H37F3N6O3/c1-18-24(37)4-2-19-12-22(45)13-23(27(18)19)30-29(38)31-28-32(44-14-21-3-5-25(39-21)26(44)15-46-33(28)40-30)42-34(41-31)47-17-35(8-9-35)16-43-10-6-20(36)7-11-43/h2,4,12-13,20-21,25-26,39,45H,3,5-11,14-17H2,1H3/t21-,25+,26-/m1/s1. The Bertz CT molecular complexity index is 1910. The molecule has 2 N–H and O–H groups in total. The van der Waals surface area contributed by atoms with Crippen LogP contribution in [0, 0.1) is 24.0 Å². The number of likely N-dealkylation sites (tertiary alicyclic amines) is 1. The lowest BCUT2D eigenvalue weighted by Crippen LogP contribution is -2.60. The largest absolute Gasteiger partial charge is 0.508 e. The van der Waals surface area contributed by atoms with Crippen LogP contribution in [-0.2, 0) is 0 Å². The normalized spacial score (nSPS) is 25.1. The number of alkyl halides is 1. The van der Waals surface area contributed by atoms with Crippen molar-refractivity contribution in [3.8, 4) is 28.9 Å². The minimum absolute atomic E-state index is 0.0111. The molecule has 0 spiro atoms. The summed E-state index contributed by atoms with van der Waals surface area (Å²) < 4.78 is 58.3. The molecule has 12 heteroatoms. The SMILES string of the molecule is Cc1c(F)ccc2cc(O)cc(-c3nc4c5c(nc(OCC6(CN7CCC(F)CC7)CC6)nc5c3F)N3C[C@H]5CC[C@H](N5)[C@H]3CO4)c12. The van der Waals surface area contributed by atoms with Crippen molar-refractivity contribution < 1.29 is 27.8 Å². The van der Waals surface area contributed by atoms with Gasteiger partial charge < -0.3 is 29.7 Å². The molecule has 1 saturated carbocycles. The predicted molar refractivity (Wildman–Crippen MR) is 171 cm³/mol. The molecule has 3 saturated heterocycles. The van der Waals surface area contributed by atoms with Crippen LogP contribution in [0.5, 0.6) is 17.6 Å². The number of phenols is 1. The number of rotatable bonds is 6. The first-order valence-electron chi connectivity index (χ1n) is 16.7. The minimum Gasteiger partial charge on any atom is -0.508 e. The van der Waals surface area contributed by atoms with E-state index in [1.165, 1.54) is 18.2 Å². The highest BCUT2D eigenvalue weighted by Crippen LogP contribution is 2.48. The highest BCUT2D eigenvalue weighted by atomic mass is 19.1. The highest BCUT2D eigenvalue weighted by molar-refractivity contribution is 6.03. The van der Waals surface area contributed by atoms with Gasteiger partial charge in [0, 0.05) is 49.2 Å². The van der Waals surface area contributed by atoms with E-state index in [0.29, 0.717) is 60.1 Å². The van der Waals surface area contributed by atoms with Crippen LogP contribution in [0.1, 0.15) is 44.1 Å². The minimum atomic E-state index is -0.724. The molecule has 0 amide bonds. The van der Waals surface area contributed by atoms with Crippen LogP contribution in [0.25, 0.3) is 32.9 Å². The molecule has 2 aromatic heterocycles. The number of halogens is 3. The molecule has 2 bridgehead atoms. The van der Waals surface area contributed by atoms with Gasteiger partial charge in [0.25, 0.3) is 0 Å². The molecule has 5 aliphatic rings. The highest BCUT2D eigenvalue weighted by Gasteiger charge is 2.47. The third kappa shape index (κ3) is 4.94. The van der Waals surface area contributed by atoms with Crippen LogP contribution in [0.4, 0.5) is 19.0 Å². The molecule has 9 nitrogen and oxygen atoms in total. The summed E-state index contributed by atoms with van der Waals surface area (Å²) in [6, 6.07) is 6.32. The Kier molecular flexibility index (Phi) is 6.73. The summed E-state index contributed by atoms with van der Waals surface area (Å²) in [5.74, 6) is -0.518. The number of hydrogen-bond donors (Lipinski definition) is 2. The Balaban J connectivity index is 1.16.